The minimum atomic E-state index is -0.544. The molecule has 0 aliphatic carbocycles. The fourth-order valence-corrected chi connectivity index (χ4v) is 2.90. The van der Waals surface area contributed by atoms with Crippen molar-refractivity contribution in [2.75, 3.05) is 19.5 Å². The Morgan fingerprint density at radius 2 is 1.77 bits per heavy atom. The van der Waals surface area contributed by atoms with E-state index in [-0.39, 0.29) is 6.04 Å². The Balaban J connectivity index is 2.16. The second kappa shape index (κ2) is 7.31. The number of primary amides is 1. The maximum atomic E-state index is 11.9. The minimum absolute atomic E-state index is 0.0343. The molecule has 3 rings (SSSR count). The van der Waals surface area contributed by atoms with Crippen LogP contribution in [-0.4, -0.2) is 25.1 Å². The molecule has 26 heavy (non-hydrogen) atoms. The fraction of sp³-hybridized carbons (Fsp3) is 0.200. The largest absolute Gasteiger partial charge is 0.493 e. The van der Waals surface area contributed by atoms with E-state index in [0.717, 1.165) is 10.9 Å². The van der Waals surface area contributed by atoms with E-state index in [1.807, 2.05) is 37.3 Å². The average molecular weight is 351 g/mol. The predicted molar refractivity (Wildman–Crippen MR) is 102 cm³/mol. The third-order valence-corrected chi connectivity index (χ3v) is 4.30. The molecule has 0 radical (unpaired) electrons. The number of nitrogens with one attached hydrogen (secondary N) is 1. The first kappa shape index (κ1) is 17.5. The zero-order chi connectivity index (χ0) is 18.7. The summed E-state index contributed by atoms with van der Waals surface area (Å²) in [6, 6.07) is 13.5. The van der Waals surface area contributed by atoms with E-state index >= 15 is 0 Å². The van der Waals surface area contributed by atoms with E-state index in [9.17, 15) is 4.79 Å². The molecule has 1 unspecified atom stereocenters. The van der Waals surface area contributed by atoms with Crippen LogP contribution in [0.5, 0.6) is 11.5 Å². The van der Waals surface area contributed by atoms with Crippen molar-refractivity contribution >= 4 is 22.5 Å². The third-order valence-electron chi connectivity index (χ3n) is 4.30. The Morgan fingerprint density at radius 1 is 1.12 bits per heavy atom. The molecule has 6 nitrogen and oxygen atoms in total. The summed E-state index contributed by atoms with van der Waals surface area (Å²) in [6.45, 7) is 2.02. The quantitative estimate of drug-likeness (QED) is 0.709. The van der Waals surface area contributed by atoms with Crippen molar-refractivity contribution < 1.29 is 14.3 Å². The second-order valence-corrected chi connectivity index (χ2v) is 5.91. The molecule has 0 aliphatic heterocycles. The van der Waals surface area contributed by atoms with Gasteiger partial charge in [-0.05, 0) is 18.6 Å². The van der Waals surface area contributed by atoms with Crippen LogP contribution in [0.3, 0.4) is 0 Å². The lowest BCUT2D eigenvalue weighted by Gasteiger charge is -2.20. The number of anilines is 1. The van der Waals surface area contributed by atoms with Crippen molar-refractivity contribution in [2.45, 2.75) is 13.0 Å². The van der Waals surface area contributed by atoms with E-state index in [1.54, 1.807) is 26.4 Å². The fourth-order valence-electron chi connectivity index (χ4n) is 2.90. The van der Waals surface area contributed by atoms with E-state index in [0.29, 0.717) is 28.3 Å². The first-order valence-corrected chi connectivity index (χ1v) is 8.21. The van der Waals surface area contributed by atoms with E-state index in [2.05, 4.69) is 10.3 Å². The lowest BCUT2D eigenvalue weighted by atomic mass is 10.0. The highest BCUT2D eigenvalue weighted by Crippen LogP contribution is 2.37. The molecule has 0 saturated heterocycles. The highest BCUT2D eigenvalue weighted by atomic mass is 16.5. The number of nitrogens with two attached hydrogens (primary N) is 1. The van der Waals surface area contributed by atoms with Crippen LogP contribution in [0, 0.1) is 0 Å². The number of carbonyl (C=O) groups excluding carboxylic acids is 1. The summed E-state index contributed by atoms with van der Waals surface area (Å²) in [6.07, 6.45) is 1.48. The van der Waals surface area contributed by atoms with Crippen molar-refractivity contribution in [3.63, 3.8) is 0 Å². The normalized spacial score (nSPS) is 11.8. The van der Waals surface area contributed by atoms with Crippen molar-refractivity contribution in [1.82, 2.24) is 4.98 Å². The summed E-state index contributed by atoms with van der Waals surface area (Å²) in [5.74, 6) is 0.581. The van der Waals surface area contributed by atoms with Crippen molar-refractivity contribution in [2.24, 2.45) is 5.73 Å². The van der Waals surface area contributed by atoms with E-state index < -0.39 is 5.91 Å². The van der Waals surface area contributed by atoms with Gasteiger partial charge in [0.1, 0.15) is 0 Å². The number of ether oxygens (including phenoxy) is 2. The van der Waals surface area contributed by atoms with Crippen molar-refractivity contribution in [3.8, 4) is 11.5 Å². The Kier molecular flexibility index (Phi) is 4.93. The first-order chi connectivity index (χ1) is 12.5. The van der Waals surface area contributed by atoms with Gasteiger partial charge in [-0.1, -0.05) is 30.3 Å². The Morgan fingerprint density at radius 3 is 2.38 bits per heavy atom. The predicted octanol–water partition coefficient (Wildman–Crippen LogP) is 3.52. The summed E-state index contributed by atoms with van der Waals surface area (Å²) < 4.78 is 10.7. The van der Waals surface area contributed by atoms with Crippen LogP contribution in [-0.2, 0) is 0 Å². The number of aromatic nitrogens is 1. The SMILES string of the molecule is COc1cc2ncc(C(N)=O)c(NC(C)c3ccccc3)c2cc1OC. The van der Waals surface area contributed by atoms with E-state index in [1.165, 1.54) is 6.20 Å². The first-order valence-electron chi connectivity index (χ1n) is 8.21. The average Bonchev–Trinajstić information content (AvgIpc) is 2.67. The highest BCUT2D eigenvalue weighted by molar-refractivity contribution is 6.07. The molecule has 3 aromatic rings. The number of fused-ring (bicyclic) bond motifs is 1. The summed E-state index contributed by atoms with van der Waals surface area (Å²) in [5, 5.41) is 4.14. The van der Waals surface area contributed by atoms with Crippen LogP contribution < -0.4 is 20.5 Å². The number of hydrogen-bond acceptors (Lipinski definition) is 5. The number of pyridine rings is 1. The summed E-state index contributed by atoms with van der Waals surface area (Å²) in [5.41, 5.74) is 8.29. The van der Waals surface area contributed by atoms with Gasteiger partial charge in [-0.25, -0.2) is 0 Å². The molecule has 134 valence electrons. The molecule has 0 bridgehead atoms. The van der Waals surface area contributed by atoms with Crippen LogP contribution in [0.1, 0.15) is 28.9 Å². The lowest BCUT2D eigenvalue weighted by molar-refractivity contribution is 0.100. The van der Waals surface area contributed by atoms with Gasteiger partial charge in [-0.2, -0.15) is 0 Å². The molecule has 1 aromatic heterocycles. The minimum Gasteiger partial charge on any atom is -0.493 e. The van der Waals surface area contributed by atoms with Gasteiger partial charge in [-0.15, -0.1) is 0 Å². The Bertz CT molecular complexity index is 942. The van der Waals surface area contributed by atoms with Crippen LogP contribution in [0.25, 0.3) is 10.9 Å². The smallest absolute Gasteiger partial charge is 0.252 e. The standard InChI is InChI=1S/C20H21N3O3/c1-12(13-7-5-4-6-8-13)23-19-14-9-17(25-2)18(26-3)10-16(14)22-11-15(19)20(21)24/h4-12H,1-3H3,(H2,21,24)(H,22,23). The molecule has 0 fully saturated rings. The van der Waals surface area contributed by atoms with Crippen molar-refractivity contribution in [3.05, 3.63) is 59.8 Å². The Labute approximate surface area is 151 Å². The molecule has 0 spiro atoms. The molecule has 3 N–H and O–H groups in total. The summed E-state index contributed by atoms with van der Waals surface area (Å²) in [7, 11) is 3.13. The molecule has 1 atom stereocenters. The number of hydrogen-bond donors (Lipinski definition) is 2. The van der Waals surface area contributed by atoms with Gasteiger partial charge in [0.15, 0.2) is 11.5 Å². The molecular weight excluding hydrogens is 330 g/mol. The van der Waals surface area contributed by atoms with Gasteiger partial charge in [0, 0.05) is 23.7 Å². The second-order valence-electron chi connectivity index (χ2n) is 5.91. The molecule has 1 heterocycles. The lowest BCUT2D eigenvalue weighted by Crippen LogP contribution is -2.17. The van der Waals surface area contributed by atoms with E-state index in [4.69, 9.17) is 15.2 Å². The van der Waals surface area contributed by atoms with Gasteiger partial charge in [-0.3, -0.25) is 9.78 Å². The third kappa shape index (κ3) is 3.26. The Hall–Kier alpha value is -3.28. The molecule has 6 heteroatoms. The highest BCUT2D eigenvalue weighted by Gasteiger charge is 2.18. The summed E-state index contributed by atoms with van der Waals surface area (Å²) >= 11 is 0. The molecule has 1 amide bonds. The molecule has 0 aliphatic rings. The maximum Gasteiger partial charge on any atom is 0.252 e. The van der Waals surface area contributed by atoms with Gasteiger partial charge >= 0.3 is 0 Å². The van der Waals surface area contributed by atoms with Crippen LogP contribution in [0.2, 0.25) is 0 Å². The van der Waals surface area contributed by atoms with Crippen LogP contribution >= 0.6 is 0 Å². The molecular formula is C20H21N3O3. The zero-order valence-corrected chi connectivity index (χ0v) is 14.9. The van der Waals surface area contributed by atoms with Gasteiger partial charge in [0.2, 0.25) is 0 Å². The van der Waals surface area contributed by atoms with Crippen LogP contribution in [0.4, 0.5) is 5.69 Å². The summed E-state index contributed by atoms with van der Waals surface area (Å²) in [4.78, 5) is 16.3. The zero-order valence-electron chi connectivity index (χ0n) is 14.9. The van der Waals surface area contributed by atoms with Gasteiger partial charge < -0.3 is 20.5 Å². The van der Waals surface area contributed by atoms with Gasteiger partial charge in [0.25, 0.3) is 5.91 Å². The van der Waals surface area contributed by atoms with Gasteiger partial charge in [0.05, 0.1) is 31.0 Å². The monoisotopic (exact) mass is 351 g/mol. The maximum absolute atomic E-state index is 11.9. The number of nitrogens with zero attached hydrogens (tertiary/aromatic N) is 1. The van der Waals surface area contributed by atoms with Crippen molar-refractivity contribution in [1.29, 1.82) is 0 Å². The molecule has 0 saturated carbocycles. The number of carbonyl (C=O) groups is 1. The number of rotatable bonds is 6. The van der Waals surface area contributed by atoms with Crippen LogP contribution in [0.15, 0.2) is 48.7 Å². The molecule has 2 aromatic carbocycles. The topological polar surface area (TPSA) is 86.5 Å². The number of benzene rings is 2. The number of methoxy groups -OCH3 is 2. The number of amides is 1.